The van der Waals surface area contributed by atoms with E-state index in [1.54, 1.807) is 12.1 Å². The number of rotatable bonds is 2. The Kier molecular flexibility index (Phi) is 2.37. The highest BCUT2D eigenvalue weighted by atomic mass is 16.5. The fourth-order valence-electron chi connectivity index (χ4n) is 1.61. The number of anilines is 1. The second-order valence-electron chi connectivity index (χ2n) is 3.99. The Morgan fingerprint density at radius 1 is 1.11 bits per heavy atom. The minimum Gasteiger partial charge on any atom is -0.439 e. The van der Waals surface area contributed by atoms with Gasteiger partial charge >= 0.3 is 0 Å². The van der Waals surface area contributed by atoms with E-state index in [1.807, 2.05) is 31.2 Å². The van der Waals surface area contributed by atoms with Gasteiger partial charge in [-0.05, 0) is 25.1 Å². The van der Waals surface area contributed by atoms with Crippen molar-refractivity contribution in [1.29, 1.82) is 0 Å². The summed E-state index contributed by atoms with van der Waals surface area (Å²) in [5.74, 6) is 1.50. The maximum absolute atomic E-state index is 5.61. The zero-order valence-corrected chi connectivity index (χ0v) is 9.75. The van der Waals surface area contributed by atoms with E-state index in [1.165, 1.54) is 5.56 Å². The minimum absolute atomic E-state index is 0.333. The van der Waals surface area contributed by atoms with Crippen molar-refractivity contribution < 1.29 is 9.26 Å². The first-order valence-corrected chi connectivity index (χ1v) is 5.49. The van der Waals surface area contributed by atoms with E-state index in [0.29, 0.717) is 22.8 Å². The monoisotopic (exact) mass is 241 g/mol. The molecule has 5 nitrogen and oxygen atoms in total. The summed E-state index contributed by atoms with van der Waals surface area (Å²) in [4.78, 5) is 4.18. The Bertz CT molecular complexity index is 689. The van der Waals surface area contributed by atoms with Crippen molar-refractivity contribution in [3.63, 3.8) is 0 Å². The van der Waals surface area contributed by atoms with Crippen molar-refractivity contribution in [3.05, 3.63) is 42.0 Å². The molecule has 2 heterocycles. The lowest BCUT2D eigenvalue weighted by molar-refractivity contribution is 0.434. The molecule has 2 aromatic heterocycles. The summed E-state index contributed by atoms with van der Waals surface area (Å²) in [5, 5.41) is 4.33. The molecule has 1 aromatic carbocycles. The van der Waals surface area contributed by atoms with E-state index >= 15 is 0 Å². The normalized spacial score (nSPS) is 10.7. The number of nitrogens with zero attached hydrogens (tertiary/aromatic N) is 2. The zero-order chi connectivity index (χ0) is 12.5. The smallest absolute Gasteiger partial charge is 0.263 e. The van der Waals surface area contributed by atoms with Gasteiger partial charge in [-0.3, -0.25) is 0 Å². The van der Waals surface area contributed by atoms with Gasteiger partial charge in [0, 0.05) is 6.07 Å². The number of aromatic nitrogens is 2. The topological polar surface area (TPSA) is 74.2 Å². The maximum Gasteiger partial charge on any atom is 0.263 e. The van der Waals surface area contributed by atoms with Crippen molar-refractivity contribution >= 4 is 16.9 Å². The summed E-state index contributed by atoms with van der Waals surface area (Å²) in [5.41, 5.74) is 7.16. The fourth-order valence-corrected chi connectivity index (χ4v) is 1.61. The fraction of sp³-hybridized carbons (Fsp3) is 0.0769. The van der Waals surface area contributed by atoms with E-state index < -0.39 is 0 Å². The van der Waals surface area contributed by atoms with Gasteiger partial charge < -0.3 is 15.0 Å². The van der Waals surface area contributed by atoms with Crippen LogP contribution in [0.15, 0.2) is 40.9 Å². The van der Waals surface area contributed by atoms with Gasteiger partial charge in [-0.25, -0.2) is 0 Å². The minimum atomic E-state index is 0.333. The van der Waals surface area contributed by atoms with Crippen molar-refractivity contribution in [2.75, 3.05) is 5.73 Å². The van der Waals surface area contributed by atoms with Crippen LogP contribution in [0.1, 0.15) is 5.56 Å². The third-order valence-corrected chi connectivity index (χ3v) is 2.58. The zero-order valence-electron chi connectivity index (χ0n) is 9.75. The van der Waals surface area contributed by atoms with Gasteiger partial charge in [0.15, 0.2) is 5.82 Å². The number of fused-ring (bicyclic) bond motifs is 1. The van der Waals surface area contributed by atoms with Crippen molar-refractivity contribution in [2.45, 2.75) is 6.92 Å². The van der Waals surface area contributed by atoms with Gasteiger partial charge in [-0.15, -0.1) is 0 Å². The molecule has 3 aromatic rings. The number of aryl methyl sites for hydroxylation is 1. The highest BCUT2D eigenvalue weighted by Gasteiger charge is 2.08. The first-order chi connectivity index (χ1) is 8.72. The summed E-state index contributed by atoms with van der Waals surface area (Å²) < 4.78 is 10.6. The average molecular weight is 241 g/mol. The standard InChI is InChI=1S/C13H11N3O2/c1-8-2-4-9(5-3-8)17-11-7-6-10-12(14)16-18-13(10)15-11/h2-7H,1H3,(H2,14,16). The number of nitrogen functional groups attached to an aromatic ring is 1. The van der Waals surface area contributed by atoms with E-state index in [9.17, 15) is 0 Å². The number of ether oxygens (including phenoxy) is 1. The Morgan fingerprint density at radius 2 is 1.89 bits per heavy atom. The van der Waals surface area contributed by atoms with Crippen LogP contribution in [-0.4, -0.2) is 10.1 Å². The highest BCUT2D eigenvalue weighted by molar-refractivity contribution is 5.84. The van der Waals surface area contributed by atoms with Crippen LogP contribution < -0.4 is 10.5 Å². The van der Waals surface area contributed by atoms with Gasteiger partial charge in [0.2, 0.25) is 5.88 Å². The number of hydrogen-bond donors (Lipinski definition) is 1. The van der Waals surface area contributed by atoms with Crippen molar-refractivity contribution in [2.24, 2.45) is 0 Å². The summed E-state index contributed by atoms with van der Waals surface area (Å²) in [6.45, 7) is 2.02. The van der Waals surface area contributed by atoms with Crippen LogP contribution in [0.2, 0.25) is 0 Å². The molecular formula is C13H11N3O2. The van der Waals surface area contributed by atoms with Crippen LogP contribution in [0.3, 0.4) is 0 Å². The third kappa shape index (κ3) is 1.86. The van der Waals surface area contributed by atoms with Crippen LogP contribution in [0.4, 0.5) is 5.82 Å². The maximum atomic E-state index is 5.61. The first-order valence-electron chi connectivity index (χ1n) is 5.49. The van der Waals surface area contributed by atoms with Gasteiger partial charge in [0.1, 0.15) is 5.75 Å². The Labute approximate surface area is 103 Å². The van der Waals surface area contributed by atoms with Crippen molar-refractivity contribution in [3.8, 4) is 11.6 Å². The van der Waals surface area contributed by atoms with Crippen LogP contribution >= 0.6 is 0 Å². The molecule has 0 saturated heterocycles. The predicted molar refractivity (Wildman–Crippen MR) is 67.5 cm³/mol. The summed E-state index contributed by atoms with van der Waals surface area (Å²) in [6.07, 6.45) is 0. The lowest BCUT2D eigenvalue weighted by Gasteiger charge is -2.04. The van der Waals surface area contributed by atoms with Gasteiger partial charge in [0.25, 0.3) is 5.71 Å². The molecular weight excluding hydrogens is 230 g/mol. The van der Waals surface area contributed by atoms with Gasteiger partial charge in [-0.1, -0.05) is 22.9 Å². The van der Waals surface area contributed by atoms with Crippen LogP contribution in [-0.2, 0) is 0 Å². The molecule has 18 heavy (non-hydrogen) atoms. The largest absolute Gasteiger partial charge is 0.439 e. The van der Waals surface area contributed by atoms with E-state index in [-0.39, 0.29) is 0 Å². The second-order valence-corrected chi connectivity index (χ2v) is 3.99. The number of benzene rings is 1. The molecule has 0 aliphatic rings. The molecule has 0 aliphatic heterocycles. The molecule has 2 N–H and O–H groups in total. The summed E-state index contributed by atoms with van der Waals surface area (Å²) >= 11 is 0. The molecule has 0 spiro atoms. The molecule has 0 saturated carbocycles. The molecule has 0 bridgehead atoms. The molecule has 0 fully saturated rings. The van der Waals surface area contributed by atoms with Crippen LogP contribution in [0, 0.1) is 6.92 Å². The van der Waals surface area contributed by atoms with E-state index in [2.05, 4.69) is 10.1 Å². The Morgan fingerprint density at radius 3 is 2.67 bits per heavy atom. The van der Waals surface area contributed by atoms with E-state index in [4.69, 9.17) is 15.0 Å². The Hall–Kier alpha value is -2.56. The van der Waals surface area contributed by atoms with Gasteiger partial charge in [-0.2, -0.15) is 4.98 Å². The third-order valence-electron chi connectivity index (χ3n) is 2.58. The van der Waals surface area contributed by atoms with Gasteiger partial charge in [0.05, 0.1) is 5.39 Å². The van der Waals surface area contributed by atoms with Crippen LogP contribution in [0.25, 0.3) is 11.1 Å². The average Bonchev–Trinajstić information content (AvgIpc) is 2.74. The lowest BCUT2D eigenvalue weighted by Crippen LogP contribution is -1.88. The summed E-state index contributed by atoms with van der Waals surface area (Å²) in [6, 6.07) is 11.2. The first kappa shape index (κ1) is 10.6. The molecule has 3 rings (SSSR count). The molecule has 0 radical (unpaired) electrons. The number of hydrogen-bond acceptors (Lipinski definition) is 5. The summed E-state index contributed by atoms with van der Waals surface area (Å²) in [7, 11) is 0. The number of nitrogens with two attached hydrogens (primary N) is 1. The molecule has 0 unspecified atom stereocenters. The Balaban J connectivity index is 1.92. The lowest BCUT2D eigenvalue weighted by atomic mass is 10.2. The highest BCUT2D eigenvalue weighted by Crippen LogP contribution is 2.24. The van der Waals surface area contributed by atoms with Crippen molar-refractivity contribution in [1.82, 2.24) is 10.1 Å². The van der Waals surface area contributed by atoms with Crippen LogP contribution in [0.5, 0.6) is 11.6 Å². The molecule has 0 amide bonds. The molecule has 0 atom stereocenters. The number of pyridine rings is 1. The van der Waals surface area contributed by atoms with E-state index in [0.717, 1.165) is 5.75 Å². The second kappa shape index (κ2) is 4.03. The quantitative estimate of drug-likeness (QED) is 0.746. The molecule has 0 aliphatic carbocycles. The SMILES string of the molecule is Cc1ccc(Oc2ccc3c(N)noc3n2)cc1. The molecule has 5 heteroatoms. The molecule has 90 valence electrons. The predicted octanol–water partition coefficient (Wildman–Crippen LogP) is 2.91.